The molecule has 0 saturated heterocycles. The highest BCUT2D eigenvalue weighted by Crippen LogP contribution is 2.34. The van der Waals surface area contributed by atoms with Crippen molar-refractivity contribution in [2.75, 3.05) is 0 Å². The van der Waals surface area contributed by atoms with Crippen molar-refractivity contribution in [2.45, 2.75) is 19.5 Å². The molecule has 0 bridgehead atoms. The van der Waals surface area contributed by atoms with Crippen LogP contribution in [0.2, 0.25) is 0 Å². The van der Waals surface area contributed by atoms with E-state index in [2.05, 4.69) is 11.6 Å². The Balaban J connectivity index is 1.71. The summed E-state index contributed by atoms with van der Waals surface area (Å²) in [5, 5.41) is 10.1. The number of ketones is 1. The SMILES string of the molecule is C=COC(=O)[C@H](Cc1ccc(C=C=O)cc1)C(C)C(=O)c1cc(C(=O)O)c2cc(-c3cccc(C(F)(F)F)c3)ccc2n1. The lowest BCUT2D eigenvalue weighted by molar-refractivity contribution is -0.144. The molecule has 0 aliphatic carbocycles. The van der Waals surface area contributed by atoms with Gasteiger partial charge in [-0.1, -0.05) is 56.0 Å². The molecular weight excluding hydrogens is 563 g/mol. The molecule has 7 nitrogen and oxygen atoms in total. The van der Waals surface area contributed by atoms with Crippen molar-refractivity contribution in [3.05, 3.63) is 114 Å². The molecule has 0 radical (unpaired) electrons. The topological polar surface area (TPSA) is 111 Å². The number of Topliss-reactive ketones (excluding diaryl/α,β-unsaturated/α-hetero) is 1. The summed E-state index contributed by atoms with van der Waals surface area (Å²) < 4.78 is 44.7. The molecule has 10 heteroatoms. The van der Waals surface area contributed by atoms with E-state index in [4.69, 9.17) is 4.74 Å². The van der Waals surface area contributed by atoms with Gasteiger partial charge in [-0.3, -0.25) is 9.59 Å². The number of rotatable bonds is 10. The second-order valence-corrected chi connectivity index (χ2v) is 9.74. The van der Waals surface area contributed by atoms with E-state index >= 15 is 0 Å². The molecule has 1 unspecified atom stereocenters. The third kappa shape index (κ3) is 6.94. The van der Waals surface area contributed by atoms with Gasteiger partial charge in [0.15, 0.2) is 5.78 Å². The van der Waals surface area contributed by atoms with Crippen molar-refractivity contribution >= 4 is 40.6 Å². The number of benzene rings is 3. The minimum Gasteiger partial charge on any atom is -0.478 e. The van der Waals surface area contributed by atoms with Gasteiger partial charge in [-0.25, -0.2) is 14.6 Å². The Kier molecular flexibility index (Phi) is 9.02. The summed E-state index contributed by atoms with van der Waals surface area (Å²) in [7, 11) is 0. The van der Waals surface area contributed by atoms with Crippen molar-refractivity contribution in [3.8, 4) is 11.1 Å². The van der Waals surface area contributed by atoms with Gasteiger partial charge in [0.05, 0.1) is 28.8 Å². The van der Waals surface area contributed by atoms with Crippen LogP contribution >= 0.6 is 0 Å². The zero-order chi connectivity index (χ0) is 31.3. The number of fused-ring (bicyclic) bond motifs is 1. The second kappa shape index (κ2) is 12.7. The number of nitrogens with zero attached hydrogens (tertiary/aromatic N) is 1. The molecule has 0 spiro atoms. The number of carboxylic acids is 1. The van der Waals surface area contributed by atoms with Gasteiger partial charge >= 0.3 is 18.1 Å². The van der Waals surface area contributed by atoms with E-state index in [9.17, 15) is 37.5 Å². The molecule has 0 aliphatic rings. The molecule has 43 heavy (non-hydrogen) atoms. The summed E-state index contributed by atoms with van der Waals surface area (Å²) >= 11 is 0. The number of aromatic nitrogens is 1. The van der Waals surface area contributed by atoms with Crippen molar-refractivity contribution < 1.29 is 42.2 Å². The van der Waals surface area contributed by atoms with Crippen LogP contribution in [0.25, 0.3) is 28.1 Å². The van der Waals surface area contributed by atoms with Crippen LogP contribution in [-0.2, 0) is 26.9 Å². The van der Waals surface area contributed by atoms with E-state index < -0.39 is 41.3 Å². The number of carboxylic acid groups (broad SMARTS) is 1. The maximum atomic E-state index is 13.6. The van der Waals surface area contributed by atoms with Crippen LogP contribution in [0.5, 0.6) is 0 Å². The fraction of sp³-hybridized carbons (Fsp3) is 0.152. The van der Waals surface area contributed by atoms with Crippen molar-refractivity contribution in [3.63, 3.8) is 0 Å². The van der Waals surface area contributed by atoms with Crippen LogP contribution in [0.1, 0.15) is 44.5 Å². The van der Waals surface area contributed by atoms with Gasteiger partial charge in [0.25, 0.3) is 0 Å². The number of alkyl halides is 3. The molecule has 1 N–H and O–H groups in total. The third-order valence-electron chi connectivity index (χ3n) is 7.00. The predicted octanol–water partition coefficient (Wildman–Crippen LogP) is 6.83. The molecule has 4 rings (SSSR count). The van der Waals surface area contributed by atoms with Gasteiger partial charge in [0.1, 0.15) is 11.6 Å². The average Bonchev–Trinajstić information content (AvgIpc) is 2.99. The van der Waals surface area contributed by atoms with Crippen LogP contribution in [0.15, 0.2) is 85.6 Å². The first kappa shape index (κ1) is 30.6. The van der Waals surface area contributed by atoms with E-state index in [-0.39, 0.29) is 34.1 Å². The van der Waals surface area contributed by atoms with E-state index in [0.717, 1.165) is 24.5 Å². The monoisotopic (exact) mass is 587 g/mol. The third-order valence-corrected chi connectivity index (χ3v) is 7.00. The normalized spacial score (nSPS) is 12.6. The number of carbonyl (C=O) groups excluding carboxylic acids is 3. The number of hydrogen-bond acceptors (Lipinski definition) is 6. The summed E-state index contributed by atoms with van der Waals surface area (Å²) in [6, 6.07) is 16.7. The highest BCUT2D eigenvalue weighted by atomic mass is 19.4. The summed E-state index contributed by atoms with van der Waals surface area (Å²) in [5.41, 5.74) is 0.632. The standard InChI is InChI=1S/C33H24F3NO6/c1-3-43-32(42)25(15-21-9-7-20(8-10-21)13-14-38)19(2)30(39)29-18-27(31(40)41)26-17-23(11-12-28(26)37-29)22-5-4-6-24(16-22)33(34,35)36/h3-13,16-19,25H,1,15H2,2H3,(H,40,41)/t19?,25-/m1/s1. The number of hydrogen-bond donors (Lipinski definition) is 1. The van der Waals surface area contributed by atoms with Crippen molar-refractivity contribution in [2.24, 2.45) is 11.8 Å². The highest BCUT2D eigenvalue weighted by Gasteiger charge is 2.34. The van der Waals surface area contributed by atoms with Crippen LogP contribution in [0.3, 0.4) is 0 Å². The molecule has 0 saturated carbocycles. The lowest BCUT2D eigenvalue weighted by Gasteiger charge is -2.21. The Bertz CT molecular complexity index is 1770. The lowest BCUT2D eigenvalue weighted by atomic mass is 9.83. The molecule has 4 aromatic rings. The first-order valence-corrected chi connectivity index (χ1v) is 12.9. The quantitative estimate of drug-likeness (QED) is 0.0937. The molecule has 1 aromatic heterocycles. The fourth-order valence-corrected chi connectivity index (χ4v) is 4.71. The molecule has 1 heterocycles. The molecule has 0 amide bonds. The lowest BCUT2D eigenvalue weighted by Crippen LogP contribution is -2.31. The van der Waals surface area contributed by atoms with Crippen molar-refractivity contribution in [1.29, 1.82) is 0 Å². The van der Waals surface area contributed by atoms with E-state index in [1.165, 1.54) is 43.3 Å². The molecule has 3 aromatic carbocycles. The minimum atomic E-state index is -4.56. The van der Waals surface area contributed by atoms with Gasteiger partial charge in [-0.2, -0.15) is 13.2 Å². The number of esters is 1. The number of aromatic carboxylic acids is 1. The largest absolute Gasteiger partial charge is 0.478 e. The van der Waals surface area contributed by atoms with Crippen LogP contribution in [0, 0.1) is 11.8 Å². The number of ether oxygens (including phenoxy) is 1. The summed E-state index contributed by atoms with van der Waals surface area (Å²) in [6.07, 6.45) is -2.28. The predicted molar refractivity (Wildman–Crippen MR) is 153 cm³/mol. The summed E-state index contributed by atoms with van der Waals surface area (Å²) in [6.45, 7) is 4.90. The molecule has 0 fully saturated rings. The number of pyridine rings is 1. The Hall–Kier alpha value is -5.34. The Morgan fingerprint density at radius 1 is 1.02 bits per heavy atom. The second-order valence-electron chi connectivity index (χ2n) is 9.74. The summed E-state index contributed by atoms with van der Waals surface area (Å²) in [4.78, 5) is 53.7. The number of carbonyl (C=O) groups is 3. The highest BCUT2D eigenvalue weighted by molar-refractivity contribution is 6.08. The van der Waals surface area contributed by atoms with E-state index in [0.29, 0.717) is 16.7 Å². The fourth-order valence-electron chi connectivity index (χ4n) is 4.71. The van der Waals surface area contributed by atoms with Gasteiger partial charge in [0, 0.05) is 17.4 Å². The molecule has 218 valence electrons. The van der Waals surface area contributed by atoms with Gasteiger partial charge in [-0.05, 0) is 59.0 Å². The molecular formula is C33H24F3NO6. The van der Waals surface area contributed by atoms with Gasteiger partial charge < -0.3 is 9.84 Å². The maximum Gasteiger partial charge on any atom is 0.416 e. The summed E-state index contributed by atoms with van der Waals surface area (Å²) in [5.74, 6) is -3.03. The first-order chi connectivity index (χ1) is 20.4. The van der Waals surface area contributed by atoms with Gasteiger partial charge in [0.2, 0.25) is 0 Å². The van der Waals surface area contributed by atoms with Crippen LogP contribution in [0.4, 0.5) is 13.2 Å². The maximum absolute atomic E-state index is 13.6. The molecule has 0 aliphatic heterocycles. The van der Waals surface area contributed by atoms with Crippen molar-refractivity contribution in [1.82, 2.24) is 4.98 Å². The van der Waals surface area contributed by atoms with Crippen LogP contribution in [-0.4, -0.2) is 33.8 Å². The van der Waals surface area contributed by atoms with E-state index in [1.54, 1.807) is 30.2 Å². The van der Waals surface area contributed by atoms with Gasteiger partial charge in [-0.15, -0.1) is 0 Å². The minimum absolute atomic E-state index is 0.0877. The smallest absolute Gasteiger partial charge is 0.416 e. The Morgan fingerprint density at radius 2 is 1.72 bits per heavy atom. The zero-order valence-electron chi connectivity index (χ0n) is 22.7. The molecule has 2 atom stereocenters. The van der Waals surface area contributed by atoms with Crippen LogP contribution < -0.4 is 0 Å². The zero-order valence-corrected chi connectivity index (χ0v) is 22.7. The Labute approximate surface area is 243 Å². The average molecular weight is 588 g/mol. The number of halogens is 3. The Morgan fingerprint density at radius 3 is 2.35 bits per heavy atom. The first-order valence-electron chi connectivity index (χ1n) is 12.9. The van der Waals surface area contributed by atoms with E-state index in [1.807, 2.05) is 0 Å².